The number of nitrogens with one attached hydrogen (secondary N) is 2. The molecule has 4 aromatic carbocycles. The molecule has 2 unspecified atom stereocenters. The zero-order valence-electron chi connectivity index (χ0n) is 27.9. The molecule has 6 rings (SSSR count). The summed E-state index contributed by atoms with van der Waals surface area (Å²) in [5.41, 5.74) is 5.79. The Morgan fingerprint density at radius 2 is 0.959 bits per heavy atom. The van der Waals surface area contributed by atoms with E-state index in [4.69, 9.17) is 23.3 Å². The van der Waals surface area contributed by atoms with Crippen LogP contribution in [0.2, 0.25) is 0 Å². The predicted octanol–water partition coefficient (Wildman–Crippen LogP) is 7.83. The summed E-state index contributed by atoms with van der Waals surface area (Å²) in [6.45, 7) is 7.48. The average Bonchev–Trinajstić information content (AvgIpc) is 3.83. The van der Waals surface area contributed by atoms with Crippen molar-refractivity contribution in [2.75, 3.05) is 13.2 Å². The first-order valence-electron chi connectivity index (χ1n) is 16.6. The van der Waals surface area contributed by atoms with Crippen molar-refractivity contribution in [3.8, 4) is 34.0 Å². The van der Waals surface area contributed by atoms with E-state index < -0.39 is 0 Å². The van der Waals surface area contributed by atoms with Crippen molar-refractivity contribution >= 4 is 0 Å². The van der Waals surface area contributed by atoms with Crippen LogP contribution >= 0.6 is 0 Å². The van der Waals surface area contributed by atoms with E-state index >= 15 is 0 Å². The van der Waals surface area contributed by atoms with Gasteiger partial charge in [-0.3, -0.25) is 0 Å². The fourth-order valence-electron chi connectivity index (χ4n) is 5.08. The lowest BCUT2D eigenvalue weighted by molar-refractivity contribution is 0.0971. The minimum atomic E-state index is 0.133. The van der Waals surface area contributed by atoms with E-state index in [1.54, 1.807) is 0 Å². The Balaban J connectivity index is 0.855. The van der Waals surface area contributed by atoms with Gasteiger partial charge in [0.2, 0.25) is 0 Å². The van der Waals surface area contributed by atoms with Gasteiger partial charge in [0.15, 0.2) is 11.5 Å². The van der Waals surface area contributed by atoms with E-state index in [2.05, 4.69) is 34.8 Å². The third kappa shape index (κ3) is 10.4. The highest BCUT2D eigenvalue weighted by atomic mass is 16.5. The molecular formula is C40H42N4O5. The van der Waals surface area contributed by atoms with Crippen molar-refractivity contribution in [2.45, 2.75) is 52.2 Å². The van der Waals surface area contributed by atoms with E-state index in [1.807, 2.05) is 121 Å². The van der Waals surface area contributed by atoms with Crippen molar-refractivity contribution in [1.29, 1.82) is 0 Å². The molecule has 0 fully saturated rings. The Hall–Kier alpha value is -5.22. The number of rotatable bonds is 18. The minimum absolute atomic E-state index is 0.133. The van der Waals surface area contributed by atoms with Crippen molar-refractivity contribution in [2.24, 2.45) is 0 Å². The number of hydrogen-bond donors (Lipinski definition) is 2. The van der Waals surface area contributed by atoms with Crippen molar-refractivity contribution in [3.05, 3.63) is 144 Å². The lowest BCUT2D eigenvalue weighted by Crippen LogP contribution is -2.34. The second kappa shape index (κ2) is 17.3. The van der Waals surface area contributed by atoms with Crippen LogP contribution in [0.4, 0.5) is 0 Å². The largest absolute Gasteiger partial charge is 0.489 e. The van der Waals surface area contributed by atoms with Gasteiger partial charge in [-0.15, -0.1) is 0 Å². The molecule has 252 valence electrons. The van der Waals surface area contributed by atoms with Crippen LogP contribution in [0.1, 0.15) is 36.5 Å². The molecule has 49 heavy (non-hydrogen) atoms. The molecule has 0 radical (unpaired) electrons. The molecule has 2 heterocycles. The molecule has 0 bridgehead atoms. The van der Waals surface area contributed by atoms with Crippen LogP contribution in [-0.2, 0) is 31.0 Å². The summed E-state index contributed by atoms with van der Waals surface area (Å²) in [6.07, 6.45) is 0. The molecule has 0 spiro atoms. The average molecular weight is 659 g/mol. The predicted molar refractivity (Wildman–Crippen MR) is 189 cm³/mol. The molecule has 9 nitrogen and oxygen atoms in total. The maximum absolute atomic E-state index is 5.96. The number of hydrogen-bond acceptors (Lipinski definition) is 9. The molecule has 0 amide bonds. The van der Waals surface area contributed by atoms with Crippen LogP contribution in [-0.4, -0.2) is 35.6 Å². The van der Waals surface area contributed by atoms with Crippen LogP contribution in [0, 0.1) is 0 Å². The molecule has 0 aliphatic heterocycles. The fraction of sp³-hybridized carbons (Fsp3) is 0.250. The number of aromatic nitrogens is 2. The zero-order valence-corrected chi connectivity index (χ0v) is 27.9. The highest BCUT2D eigenvalue weighted by Crippen LogP contribution is 2.24. The van der Waals surface area contributed by atoms with Crippen molar-refractivity contribution in [1.82, 2.24) is 20.9 Å². The molecule has 9 heteroatoms. The van der Waals surface area contributed by atoms with Crippen LogP contribution in [0.5, 0.6) is 11.5 Å². The van der Waals surface area contributed by atoms with Gasteiger partial charge in [-0.1, -0.05) is 71.0 Å². The van der Waals surface area contributed by atoms with Crippen LogP contribution in [0.3, 0.4) is 0 Å². The Morgan fingerprint density at radius 1 is 0.551 bits per heavy atom. The van der Waals surface area contributed by atoms with Gasteiger partial charge >= 0.3 is 0 Å². The molecule has 2 N–H and O–H groups in total. The van der Waals surface area contributed by atoms with Crippen LogP contribution < -0.4 is 20.1 Å². The first-order chi connectivity index (χ1) is 24.1. The summed E-state index contributed by atoms with van der Waals surface area (Å²) in [5, 5.41) is 15.4. The van der Waals surface area contributed by atoms with Gasteiger partial charge in [0.1, 0.15) is 36.1 Å². The topological polar surface area (TPSA) is 104 Å². The molecule has 0 aliphatic rings. The number of ether oxygens (including phenoxy) is 3. The van der Waals surface area contributed by atoms with Gasteiger partial charge in [0.05, 0.1) is 26.3 Å². The Morgan fingerprint density at radius 3 is 1.37 bits per heavy atom. The Bertz CT molecular complexity index is 1690. The Labute approximate surface area is 287 Å². The number of nitrogens with zero attached hydrogens (tertiary/aromatic N) is 2. The van der Waals surface area contributed by atoms with E-state index in [0.29, 0.717) is 39.5 Å². The number of benzene rings is 4. The minimum Gasteiger partial charge on any atom is -0.489 e. The molecule has 2 aromatic heterocycles. The second-order valence-electron chi connectivity index (χ2n) is 12.1. The molecule has 2 atom stereocenters. The van der Waals surface area contributed by atoms with E-state index in [1.165, 1.54) is 0 Å². The summed E-state index contributed by atoms with van der Waals surface area (Å²) in [4.78, 5) is 0. The lowest BCUT2D eigenvalue weighted by atomic mass is 10.1. The van der Waals surface area contributed by atoms with Crippen LogP contribution in [0.15, 0.2) is 130 Å². The molecule has 0 saturated heterocycles. The smallest absolute Gasteiger partial charge is 0.151 e. The second-order valence-corrected chi connectivity index (χ2v) is 12.1. The summed E-state index contributed by atoms with van der Waals surface area (Å²) < 4.78 is 28.9. The van der Waals surface area contributed by atoms with Gasteiger partial charge < -0.3 is 33.9 Å². The quantitative estimate of drug-likeness (QED) is 0.0956. The van der Waals surface area contributed by atoms with Crippen molar-refractivity contribution in [3.63, 3.8) is 0 Å². The molecule has 0 aliphatic carbocycles. The normalized spacial score (nSPS) is 12.4. The highest BCUT2D eigenvalue weighted by Gasteiger charge is 2.12. The summed E-state index contributed by atoms with van der Waals surface area (Å²) >= 11 is 0. The highest BCUT2D eigenvalue weighted by molar-refractivity contribution is 5.60. The molecule has 6 aromatic rings. The third-order valence-electron chi connectivity index (χ3n) is 7.90. The van der Waals surface area contributed by atoms with E-state index in [-0.39, 0.29) is 12.1 Å². The van der Waals surface area contributed by atoms with Gasteiger partial charge in [-0.25, -0.2) is 0 Å². The van der Waals surface area contributed by atoms with Gasteiger partial charge in [-0.05, 0) is 73.5 Å². The third-order valence-corrected chi connectivity index (χ3v) is 7.90. The maximum Gasteiger partial charge on any atom is 0.151 e. The zero-order chi connectivity index (χ0) is 33.7. The van der Waals surface area contributed by atoms with E-state index in [0.717, 1.165) is 56.7 Å². The van der Waals surface area contributed by atoms with Crippen LogP contribution in [0.25, 0.3) is 22.5 Å². The maximum atomic E-state index is 5.96. The summed E-state index contributed by atoms with van der Waals surface area (Å²) in [5.74, 6) is 3.15. The summed E-state index contributed by atoms with van der Waals surface area (Å²) in [6, 6.07) is 40.2. The SMILES string of the molecule is CC(COCC(C)NCc1cc(-c2ccc(OCc3ccccc3)cc2)no1)NCc1cc(-c2ccc(OCc3ccccc3)cc2)no1. The first kappa shape index (κ1) is 33.7. The van der Waals surface area contributed by atoms with Gasteiger partial charge in [0, 0.05) is 35.3 Å². The van der Waals surface area contributed by atoms with E-state index in [9.17, 15) is 0 Å². The fourth-order valence-corrected chi connectivity index (χ4v) is 5.08. The summed E-state index contributed by atoms with van der Waals surface area (Å²) in [7, 11) is 0. The first-order valence-corrected chi connectivity index (χ1v) is 16.6. The van der Waals surface area contributed by atoms with Gasteiger partial charge in [0.25, 0.3) is 0 Å². The molecular weight excluding hydrogens is 616 g/mol. The lowest BCUT2D eigenvalue weighted by Gasteiger charge is -2.16. The van der Waals surface area contributed by atoms with Crippen molar-refractivity contribution < 1.29 is 23.3 Å². The Kier molecular flexibility index (Phi) is 11.9. The standard InChI is InChI=1S/C40H42N4O5/c1-29(41-23-37-21-39(43-48-37)33-13-17-35(18-14-33)46-27-31-9-5-3-6-10-31)25-45-26-30(2)42-24-38-22-40(44-49-38)34-15-19-36(20-16-34)47-28-32-11-7-4-8-12-32/h3-22,29-30,41-42H,23-28H2,1-2H3. The monoisotopic (exact) mass is 658 g/mol. The van der Waals surface area contributed by atoms with Gasteiger partial charge in [-0.2, -0.15) is 0 Å². The molecule has 0 saturated carbocycles.